The molecule has 0 saturated heterocycles. The fourth-order valence-electron chi connectivity index (χ4n) is 13.4. The molecule has 0 aromatic heterocycles. The Hall–Kier alpha value is -9.88. The summed E-state index contributed by atoms with van der Waals surface area (Å²) >= 11 is 0. The molecule has 0 fully saturated rings. The van der Waals surface area contributed by atoms with Crippen LogP contribution in [0.4, 0.5) is 0 Å². The van der Waals surface area contributed by atoms with Crippen molar-refractivity contribution < 1.29 is 0 Å². The Morgan fingerprint density at radius 3 is 0.829 bits per heavy atom. The maximum absolute atomic E-state index is 2.51. The minimum absolute atomic E-state index is 1.20. The molecule has 0 nitrogen and oxygen atoms in total. The van der Waals surface area contributed by atoms with E-state index in [1.165, 1.54) is 165 Å². The molecule has 0 saturated carbocycles. The van der Waals surface area contributed by atoms with Gasteiger partial charge in [0.1, 0.15) is 0 Å². The smallest absolute Gasteiger partial charge is 0.000740 e. The molecule has 0 unspecified atom stereocenters. The minimum atomic E-state index is 1.20. The summed E-state index contributed by atoms with van der Waals surface area (Å²) in [6.07, 6.45) is 0. The van der Waals surface area contributed by atoms with Crippen LogP contribution in [0.1, 0.15) is 0 Å². The molecule has 14 aromatic rings. The molecular weight excluding hydrogens is 913 g/mol. The summed E-state index contributed by atoms with van der Waals surface area (Å²) in [6.45, 7) is 0. The first-order valence-corrected chi connectivity index (χ1v) is 26.5. The van der Waals surface area contributed by atoms with Crippen LogP contribution in [-0.4, -0.2) is 0 Å². The average molecular weight is 959 g/mol. The molecule has 76 heavy (non-hydrogen) atoms. The lowest BCUT2D eigenvalue weighted by atomic mass is 9.81. The summed E-state index contributed by atoms with van der Waals surface area (Å²) in [7, 11) is 0. The van der Waals surface area contributed by atoms with Gasteiger partial charge in [0.15, 0.2) is 0 Å². The van der Waals surface area contributed by atoms with E-state index in [-0.39, 0.29) is 0 Å². The predicted octanol–water partition coefficient (Wildman–Crippen LogP) is 21.3. The van der Waals surface area contributed by atoms with Crippen LogP contribution in [0.2, 0.25) is 0 Å². The Balaban J connectivity index is 1.02. The maximum atomic E-state index is 2.51. The first-order chi connectivity index (χ1) is 37.8. The molecule has 0 bridgehead atoms. The van der Waals surface area contributed by atoms with Crippen molar-refractivity contribution in [3.05, 3.63) is 279 Å². The molecule has 0 heteroatoms. The number of benzene rings is 14. The van der Waals surface area contributed by atoms with Crippen molar-refractivity contribution in [2.24, 2.45) is 0 Å². The Bertz CT molecular complexity index is 4520. The summed E-state index contributed by atoms with van der Waals surface area (Å²) in [5.41, 5.74) is 27.8. The van der Waals surface area contributed by atoms with Crippen LogP contribution in [-0.2, 0) is 0 Å². The van der Waals surface area contributed by atoms with E-state index in [0.29, 0.717) is 0 Å². The maximum Gasteiger partial charge on any atom is -0.000740 e. The molecule has 0 amide bonds. The highest BCUT2D eigenvalue weighted by Crippen LogP contribution is 2.64. The first kappa shape index (κ1) is 42.6. The summed E-state index contributed by atoms with van der Waals surface area (Å²) < 4.78 is 0. The van der Waals surface area contributed by atoms with Crippen molar-refractivity contribution in [2.75, 3.05) is 0 Å². The fraction of sp³-hybridized carbons (Fsp3) is 0. The molecule has 16 rings (SSSR count). The van der Waals surface area contributed by atoms with E-state index in [1.807, 2.05) is 0 Å². The van der Waals surface area contributed by atoms with E-state index >= 15 is 0 Å². The predicted molar refractivity (Wildman–Crippen MR) is 323 cm³/mol. The SMILES string of the molecule is c1ccc(-c2cccc(-c3ccccc3)c2-c2ccc3cc4c(-c5ccccc5)c5c(c(-c6ccccc6)c4cc3c2)-c2ccc3c4c(ccc-5c24)-c2c-3c(-c3ccccc3)c3ccccc3c2-c2ccccc2)cc1. The van der Waals surface area contributed by atoms with Crippen molar-refractivity contribution in [2.45, 2.75) is 0 Å². The average Bonchev–Trinajstić information content (AvgIpc) is 4.22. The van der Waals surface area contributed by atoms with E-state index in [9.17, 15) is 0 Å². The fourth-order valence-corrected chi connectivity index (χ4v) is 13.4. The quantitative estimate of drug-likeness (QED) is 0.140. The topological polar surface area (TPSA) is 0 Å². The van der Waals surface area contributed by atoms with Gasteiger partial charge >= 0.3 is 0 Å². The summed E-state index contributed by atoms with van der Waals surface area (Å²) in [6, 6.07) is 104. The van der Waals surface area contributed by atoms with Crippen molar-refractivity contribution in [1.82, 2.24) is 0 Å². The van der Waals surface area contributed by atoms with E-state index < -0.39 is 0 Å². The molecule has 0 aliphatic heterocycles. The first-order valence-electron chi connectivity index (χ1n) is 26.5. The largest absolute Gasteiger partial charge is 0.0622 e. The van der Waals surface area contributed by atoms with Crippen molar-refractivity contribution in [1.29, 1.82) is 0 Å². The van der Waals surface area contributed by atoms with Crippen molar-refractivity contribution in [3.8, 4) is 122 Å². The third kappa shape index (κ3) is 6.25. The van der Waals surface area contributed by atoms with E-state index in [4.69, 9.17) is 0 Å². The number of fused-ring (bicyclic) bond motifs is 9. The van der Waals surface area contributed by atoms with Gasteiger partial charge in [-0.3, -0.25) is 0 Å². The lowest BCUT2D eigenvalue weighted by Gasteiger charge is -2.22. The Morgan fingerprint density at radius 2 is 0.461 bits per heavy atom. The molecule has 0 N–H and O–H groups in total. The van der Waals surface area contributed by atoms with Gasteiger partial charge in [-0.15, -0.1) is 0 Å². The van der Waals surface area contributed by atoms with Gasteiger partial charge in [-0.1, -0.05) is 261 Å². The molecule has 0 spiro atoms. The second-order valence-corrected chi connectivity index (χ2v) is 20.5. The minimum Gasteiger partial charge on any atom is -0.0622 e. The Labute approximate surface area is 442 Å². The van der Waals surface area contributed by atoms with Gasteiger partial charge in [-0.05, 0) is 184 Å². The van der Waals surface area contributed by atoms with Gasteiger partial charge in [0.05, 0.1) is 0 Å². The van der Waals surface area contributed by atoms with Crippen molar-refractivity contribution in [3.63, 3.8) is 0 Å². The lowest BCUT2D eigenvalue weighted by molar-refractivity contribution is 1.57. The van der Waals surface area contributed by atoms with Crippen LogP contribution in [0.3, 0.4) is 0 Å². The van der Waals surface area contributed by atoms with Crippen LogP contribution >= 0.6 is 0 Å². The van der Waals surface area contributed by atoms with Gasteiger partial charge in [-0.2, -0.15) is 0 Å². The normalized spacial score (nSPS) is 11.9. The van der Waals surface area contributed by atoms with Crippen molar-refractivity contribution >= 4 is 43.1 Å². The zero-order valence-electron chi connectivity index (χ0n) is 41.6. The summed E-state index contributed by atoms with van der Waals surface area (Å²) in [5.74, 6) is 0. The number of hydrogen-bond acceptors (Lipinski definition) is 0. The molecule has 0 atom stereocenters. The Morgan fingerprint density at radius 1 is 0.145 bits per heavy atom. The second kappa shape index (κ2) is 16.8. The third-order valence-corrected chi connectivity index (χ3v) is 16.5. The van der Waals surface area contributed by atoms with E-state index in [1.54, 1.807) is 0 Å². The molecular formula is C76H46. The standard InChI is InChI=1S/C76H46/c1-7-22-47(23-8-1)56-36-21-37-57(48-24-9-2-10-25-48)66(56)54-39-38-53-45-64-65(46-55(53)44-54)70(52-32-17-6-18-33-52)76-63-43-41-61-71-60(40-42-62(72(63)71)75(76)69(64)51-30-15-5-16-31-51)73-67(49-26-11-3-12-27-49)58-34-19-20-35-59(58)68(74(61)73)50-28-13-4-14-29-50/h1-46H. The van der Waals surface area contributed by atoms with Gasteiger partial charge in [-0.25, -0.2) is 0 Å². The highest BCUT2D eigenvalue weighted by Gasteiger charge is 2.37. The van der Waals surface area contributed by atoms with Gasteiger partial charge in [0, 0.05) is 0 Å². The van der Waals surface area contributed by atoms with Crippen LogP contribution in [0, 0.1) is 0 Å². The molecule has 0 heterocycles. The number of hydrogen-bond donors (Lipinski definition) is 0. The molecule has 0 radical (unpaired) electrons. The molecule has 2 aliphatic carbocycles. The monoisotopic (exact) mass is 958 g/mol. The zero-order chi connectivity index (χ0) is 49.8. The van der Waals surface area contributed by atoms with E-state index in [2.05, 4.69) is 279 Å². The van der Waals surface area contributed by atoms with E-state index in [0.717, 1.165) is 0 Å². The molecule has 14 aromatic carbocycles. The zero-order valence-corrected chi connectivity index (χ0v) is 41.6. The molecule has 350 valence electrons. The van der Waals surface area contributed by atoms with Crippen LogP contribution in [0.5, 0.6) is 0 Å². The number of rotatable bonds is 7. The summed E-state index contributed by atoms with van der Waals surface area (Å²) in [5, 5.41) is 10.2. The highest BCUT2D eigenvalue weighted by molar-refractivity contribution is 6.35. The van der Waals surface area contributed by atoms with Crippen LogP contribution < -0.4 is 0 Å². The van der Waals surface area contributed by atoms with Crippen LogP contribution in [0.25, 0.3) is 165 Å². The van der Waals surface area contributed by atoms with Gasteiger partial charge < -0.3 is 0 Å². The van der Waals surface area contributed by atoms with Gasteiger partial charge in [0.25, 0.3) is 0 Å². The third-order valence-electron chi connectivity index (χ3n) is 16.5. The summed E-state index contributed by atoms with van der Waals surface area (Å²) in [4.78, 5) is 0. The van der Waals surface area contributed by atoms with Gasteiger partial charge in [0.2, 0.25) is 0 Å². The second-order valence-electron chi connectivity index (χ2n) is 20.5. The highest BCUT2D eigenvalue weighted by atomic mass is 14.4. The lowest BCUT2D eigenvalue weighted by Crippen LogP contribution is -1.95. The Kier molecular flexibility index (Phi) is 9.44. The molecule has 2 aliphatic rings. The van der Waals surface area contributed by atoms with Crippen LogP contribution in [0.15, 0.2) is 279 Å².